The van der Waals surface area contributed by atoms with Gasteiger partial charge >= 0.3 is 0 Å². The fourth-order valence-electron chi connectivity index (χ4n) is 3.56. The molecule has 0 bridgehead atoms. The van der Waals surface area contributed by atoms with Gasteiger partial charge in [-0.2, -0.15) is 0 Å². The molecule has 0 aromatic heterocycles. The largest absolute Gasteiger partial charge is 0.494 e. The highest BCUT2D eigenvalue weighted by molar-refractivity contribution is 6.12. The van der Waals surface area contributed by atoms with E-state index in [0.29, 0.717) is 12.2 Å². The van der Waals surface area contributed by atoms with Gasteiger partial charge in [-0.3, -0.25) is 9.69 Å². The van der Waals surface area contributed by atoms with E-state index in [-0.39, 0.29) is 12.1 Å². The number of para-hydroxylation sites is 1. The smallest absolute Gasteiger partial charge is 0.262 e. The van der Waals surface area contributed by atoms with E-state index in [0.717, 1.165) is 29.1 Å². The third kappa shape index (κ3) is 3.33. The number of anilines is 2. The zero-order chi connectivity index (χ0) is 19.5. The van der Waals surface area contributed by atoms with Crippen LogP contribution in [0.1, 0.15) is 41.5 Å². The second-order valence-corrected chi connectivity index (χ2v) is 6.79. The van der Waals surface area contributed by atoms with Gasteiger partial charge in [0.1, 0.15) is 11.9 Å². The topological polar surface area (TPSA) is 41.6 Å². The van der Waals surface area contributed by atoms with Crippen LogP contribution in [0.4, 0.5) is 11.4 Å². The van der Waals surface area contributed by atoms with E-state index in [9.17, 15) is 4.79 Å². The number of hydrogen-bond acceptors (Lipinski definition) is 3. The zero-order valence-electron chi connectivity index (χ0n) is 16.2. The quantitative estimate of drug-likeness (QED) is 0.650. The Hall–Kier alpha value is -3.27. The number of ether oxygens (including phenoxy) is 1. The molecule has 4 heteroatoms. The summed E-state index contributed by atoms with van der Waals surface area (Å²) >= 11 is 0. The Morgan fingerprint density at radius 1 is 0.929 bits per heavy atom. The normalized spacial score (nSPS) is 15.7. The average Bonchev–Trinajstić information content (AvgIpc) is 2.75. The molecule has 1 atom stereocenters. The van der Waals surface area contributed by atoms with Crippen molar-refractivity contribution in [2.75, 3.05) is 16.8 Å². The molecule has 0 radical (unpaired) electrons. The van der Waals surface area contributed by atoms with Crippen LogP contribution in [0.5, 0.6) is 5.75 Å². The van der Waals surface area contributed by atoms with Gasteiger partial charge in [-0.1, -0.05) is 43.3 Å². The summed E-state index contributed by atoms with van der Waals surface area (Å²) in [5.74, 6) is 0.788. The molecular weight excluding hydrogens is 348 g/mol. The van der Waals surface area contributed by atoms with Crippen molar-refractivity contribution in [2.24, 2.45) is 0 Å². The third-order valence-corrected chi connectivity index (χ3v) is 5.06. The van der Waals surface area contributed by atoms with Gasteiger partial charge in [-0.05, 0) is 60.9 Å². The Morgan fingerprint density at radius 3 is 2.32 bits per heavy atom. The molecule has 3 aromatic carbocycles. The SMILES string of the molecule is CCOc1ccc(N2C(=O)c3ccccc3N[C@@H]2c2ccc(CC)cc2)cc1. The minimum Gasteiger partial charge on any atom is -0.494 e. The van der Waals surface area contributed by atoms with Gasteiger partial charge in [-0.15, -0.1) is 0 Å². The molecule has 1 amide bonds. The van der Waals surface area contributed by atoms with Crippen LogP contribution in [0.3, 0.4) is 0 Å². The number of amides is 1. The summed E-state index contributed by atoms with van der Waals surface area (Å²) in [4.78, 5) is 15.2. The number of benzene rings is 3. The van der Waals surface area contributed by atoms with Crippen molar-refractivity contribution >= 4 is 17.3 Å². The lowest BCUT2D eigenvalue weighted by Crippen LogP contribution is -2.43. The molecule has 1 aliphatic heterocycles. The highest BCUT2D eigenvalue weighted by atomic mass is 16.5. The zero-order valence-corrected chi connectivity index (χ0v) is 16.2. The maximum atomic E-state index is 13.4. The highest BCUT2D eigenvalue weighted by Gasteiger charge is 2.33. The van der Waals surface area contributed by atoms with Crippen LogP contribution >= 0.6 is 0 Å². The van der Waals surface area contributed by atoms with Gasteiger partial charge in [0.15, 0.2) is 0 Å². The van der Waals surface area contributed by atoms with Crippen molar-refractivity contribution in [3.05, 3.63) is 89.5 Å². The molecule has 0 saturated heterocycles. The van der Waals surface area contributed by atoms with E-state index in [2.05, 4.69) is 36.5 Å². The standard InChI is InChI=1S/C24H24N2O2/c1-3-17-9-11-18(12-10-17)23-25-22-8-6-5-7-21(22)24(27)26(23)19-13-15-20(16-14-19)28-4-2/h5-16,23,25H,3-4H2,1-2H3/t23-/m0/s1. The molecular formula is C24H24N2O2. The van der Waals surface area contributed by atoms with Crippen molar-refractivity contribution in [2.45, 2.75) is 26.4 Å². The van der Waals surface area contributed by atoms with Gasteiger partial charge in [0, 0.05) is 11.4 Å². The average molecular weight is 372 g/mol. The highest BCUT2D eigenvalue weighted by Crippen LogP contribution is 2.37. The van der Waals surface area contributed by atoms with Gasteiger partial charge in [0.05, 0.1) is 12.2 Å². The summed E-state index contributed by atoms with van der Waals surface area (Å²) in [7, 11) is 0. The molecule has 1 N–H and O–H groups in total. The number of hydrogen-bond donors (Lipinski definition) is 1. The van der Waals surface area contributed by atoms with E-state index in [4.69, 9.17) is 4.74 Å². The van der Waals surface area contributed by atoms with Gasteiger partial charge in [-0.25, -0.2) is 0 Å². The van der Waals surface area contributed by atoms with Crippen molar-refractivity contribution in [1.29, 1.82) is 0 Å². The van der Waals surface area contributed by atoms with E-state index in [1.54, 1.807) is 0 Å². The summed E-state index contributed by atoms with van der Waals surface area (Å²) in [6.45, 7) is 4.71. The van der Waals surface area contributed by atoms with Crippen molar-refractivity contribution in [1.82, 2.24) is 0 Å². The van der Waals surface area contributed by atoms with Gasteiger partial charge in [0.25, 0.3) is 5.91 Å². The van der Waals surface area contributed by atoms with E-state index in [1.807, 2.05) is 60.4 Å². The van der Waals surface area contributed by atoms with Crippen LogP contribution in [0.25, 0.3) is 0 Å². The minimum atomic E-state index is -0.272. The summed E-state index contributed by atoms with van der Waals surface area (Å²) < 4.78 is 5.55. The first-order valence-electron chi connectivity index (χ1n) is 9.72. The Kier molecular flexibility index (Phi) is 5.02. The van der Waals surface area contributed by atoms with E-state index < -0.39 is 0 Å². The van der Waals surface area contributed by atoms with E-state index in [1.165, 1.54) is 5.56 Å². The fourth-order valence-corrected chi connectivity index (χ4v) is 3.56. The Bertz CT molecular complexity index is 965. The Labute approximate surface area is 165 Å². The monoisotopic (exact) mass is 372 g/mol. The number of aryl methyl sites for hydroxylation is 1. The summed E-state index contributed by atoms with van der Waals surface area (Å²) in [6, 6.07) is 23.8. The predicted octanol–water partition coefficient (Wildman–Crippen LogP) is 5.42. The molecule has 0 saturated carbocycles. The number of nitrogens with one attached hydrogen (secondary N) is 1. The van der Waals surface area contributed by atoms with Crippen LogP contribution in [-0.2, 0) is 6.42 Å². The summed E-state index contributed by atoms with van der Waals surface area (Å²) in [5.41, 5.74) is 4.70. The lowest BCUT2D eigenvalue weighted by atomic mass is 10.0. The van der Waals surface area contributed by atoms with Crippen LogP contribution in [-0.4, -0.2) is 12.5 Å². The first kappa shape index (κ1) is 18.1. The van der Waals surface area contributed by atoms with Crippen molar-refractivity contribution in [3.63, 3.8) is 0 Å². The van der Waals surface area contributed by atoms with E-state index >= 15 is 0 Å². The van der Waals surface area contributed by atoms with Crippen molar-refractivity contribution < 1.29 is 9.53 Å². The molecule has 142 valence electrons. The van der Waals surface area contributed by atoms with Crippen molar-refractivity contribution in [3.8, 4) is 5.75 Å². The minimum absolute atomic E-state index is 0.0110. The maximum absolute atomic E-state index is 13.4. The second kappa shape index (κ2) is 7.77. The molecule has 4 rings (SSSR count). The predicted molar refractivity (Wildman–Crippen MR) is 113 cm³/mol. The second-order valence-electron chi connectivity index (χ2n) is 6.79. The molecule has 1 heterocycles. The van der Waals surface area contributed by atoms with Gasteiger partial charge < -0.3 is 10.1 Å². The lowest BCUT2D eigenvalue weighted by molar-refractivity contribution is 0.0975. The fraction of sp³-hybridized carbons (Fsp3) is 0.208. The number of fused-ring (bicyclic) bond motifs is 1. The number of carbonyl (C=O) groups excluding carboxylic acids is 1. The molecule has 4 nitrogen and oxygen atoms in total. The first-order valence-corrected chi connectivity index (χ1v) is 9.72. The molecule has 0 spiro atoms. The Morgan fingerprint density at radius 2 is 1.64 bits per heavy atom. The molecule has 3 aromatic rings. The number of rotatable bonds is 5. The van der Waals surface area contributed by atoms with Crippen LogP contribution in [0.2, 0.25) is 0 Å². The molecule has 0 fully saturated rings. The molecule has 28 heavy (non-hydrogen) atoms. The maximum Gasteiger partial charge on any atom is 0.262 e. The summed E-state index contributed by atoms with van der Waals surface area (Å²) in [6.07, 6.45) is 0.717. The molecule has 1 aliphatic rings. The first-order chi connectivity index (χ1) is 13.7. The van der Waals surface area contributed by atoms with Crippen LogP contribution < -0.4 is 15.0 Å². The number of nitrogens with zero attached hydrogens (tertiary/aromatic N) is 1. The van der Waals surface area contributed by atoms with Crippen LogP contribution in [0.15, 0.2) is 72.8 Å². The molecule has 0 unspecified atom stereocenters. The molecule has 0 aliphatic carbocycles. The van der Waals surface area contributed by atoms with Crippen LogP contribution in [0, 0.1) is 0 Å². The Balaban J connectivity index is 1.77. The third-order valence-electron chi connectivity index (χ3n) is 5.06. The lowest BCUT2D eigenvalue weighted by Gasteiger charge is -2.38. The summed E-state index contributed by atoms with van der Waals surface area (Å²) in [5, 5.41) is 3.54. The van der Waals surface area contributed by atoms with Gasteiger partial charge in [0.2, 0.25) is 0 Å². The number of carbonyl (C=O) groups is 1.